The predicted molar refractivity (Wildman–Crippen MR) is 120 cm³/mol. The molecule has 0 saturated heterocycles. The minimum atomic E-state index is -0.233. The minimum Gasteiger partial charge on any atom is -0.337 e. The molecule has 0 unspecified atom stereocenters. The molecule has 0 spiro atoms. The fourth-order valence-electron chi connectivity index (χ4n) is 3.73. The van der Waals surface area contributed by atoms with Gasteiger partial charge in [-0.15, -0.1) is 0 Å². The zero-order valence-corrected chi connectivity index (χ0v) is 17.7. The quantitative estimate of drug-likeness (QED) is 0.736. The Morgan fingerprint density at radius 1 is 1.28 bits per heavy atom. The van der Waals surface area contributed by atoms with Gasteiger partial charge in [0.25, 0.3) is 0 Å². The van der Waals surface area contributed by atoms with E-state index in [0.29, 0.717) is 11.5 Å². The highest BCUT2D eigenvalue weighted by atomic mass is 19.1. The van der Waals surface area contributed by atoms with Gasteiger partial charge in [0.15, 0.2) is 0 Å². The van der Waals surface area contributed by atoms with Crippen molar-refractivity contribution in [2.45, 2.75) is 39.0 Å². The van der Waals surface area contributed by atoms with Crippen LogP contribution in [0, 0.1) is 11.7 Å². The molecule has 2 aliphatic heterocycles. The first-order valence-electron chi connectivity index (χ1n) is 10.7. The first-order chi connectivity index (χ1) is 14.1. The summed E-state index contributed by atoms with van der Waals surface area (Å²) < 4.78 is 14.8. The standard InChI is InChI=1S/C24H33FN4/c1-4-20-21-16-19(10-11-22(21)25)9-8-18(2)17-26-13-6-5-7-14-27-23-12-15-29(3)24(20)28-23/h4,10-12,15-16,18,26H,1,5-9,13-14,17H2,2-3H3,(H,27,28)/b24-20+/t18-/m1/s1. The van der Waals surface area contributed by atoms with E-state index in [-0.39, 0.29) is 5.82 Å². The van der Waals surface area contributed by atoms with Gasteiger partial charge in [-0.3, -0.25) is 4.99 Å². The van der Waals surface area contributed by atoms with Crippen molar-refractivity contribution in [2.75, 3.05) is 26.7 Å². The van der Waals surface area contributed by atoms with Crippen molar-refractivity contribution in [2.24, 2.45) is 10.9 Å². The largest absolute Gasteiger partial charge is 0.337 e. The van der Waals surface area contributed by atoms with Crippen molar-refractivity contribution >= 4 is 11.4 Å². The number of fused-ring (bicyclic) bond motifs is 4. The monoisotopic (exact) mass is 396 g/mol. The van der Waals surface area contributed by atoms with Crippen molar-refractivity contribution in [1.82, 2.24) is 15.5 Å². The number of halogens is 1. The van der Waals surface area contributed by atoms with E-state index in [4.69, 9.17) is 0 Å². The summed E-state index contributed by atoms with van der Waals surface area (Å²) >= 11 is 0. The van der Waals surface area contributed by atoms with Crippen molar-refractivity contribution in [3.8, 4) is 0 Å². The lowest BCUT2D eigenvalue weighted by Crippen LogP contribution is -2.35. The van der Waals surface area contributed by atoms with Crippen LogP contribution < -0.4 is 10.6 Å². The number of allylic oxidation sites excluding steroid dienone is 2. The van der Waals surface area contributed by atoms with Crippen LogP contribution in [0.2, 0.25) is 0 Å². The number of benzene rings is 1. The zero-order valence-electron chi connectivity index (χ0n) is 17.7. The highest BCUT2D eigenvalue weighted by molar-refractivity contribution is 5.96. The number of hydrogen-bond donors (Lipinski definition) is 2. The zero-order chi connectivity index (χ0) is 20.6. The lowest BCUT2D eigenvalue weighted by Gasteiger charge is -2.27. The van der Waals surface area contributed by atoms with Crippen LogP contribution in [0.5, 0.6) is 0 Å². The van der Waals surface area contributed by atoms with Crippen molar-refractivity contribution in [3.63, 3.8) is 0 Å². The molecule has 1 aromatic carbocycles. The minimum absolute atomic E-state index is 0.233. The Bertz CT molecular complexity index is 809. The van der Waals surface area contributed by atoms with E-state index in [0.717, 1.165) is 68.1 Å². The molecule has 2 N–H and O–H groups in total. The Labute approximate surface area is 174 Å². The average Bonchev–Trinajstić information content (AvgIpc) is 2.72. The third kappa shape index (κ3) is 5.80. The molecule has 4 nitrogen and oxygen atoms in total. The summed E-state index contributed by atoms with van der Waals surface area (Å²) in [6.45, 7) is 9.10. The molecule has 5 heteroatoms. The molecule has 4 bridgehead atoms. The van der Waals surface area contributed by atoms with Crippen LogP contribution in [0.25, 0.3) is 5.57 Å². The van der Waals surface area contributed by atoms with Gasteiger partial charge in [-0.2, -0.15) is 0 Å². The molecule has 0 aliphatic carbocycles. The molecule has 0 fully saturated rings. The Hall–Kier alpha value is -2.40. The van der Waals surface area contributed by atoms with Crippen LogP contribution in [-0.2, 0) is 6.42 Å². The van der Waals surface area contributed by atoms with Crippen LogP contribution in [-0.4, -0.2) is 37.4 Å². The summed E-state index contributed by atoms with van der Waals surface area (Å²) in [5.74, 6) is 1.96. The van der Waals surface area contributed by atoms with Gasteiger partial charge in [0.2, 0.25) is 0 Å². The second kappa shape index (κ2) is 10.4. The molecule has 0 radical (unpaired) electrons. The maximum absolute atomic E-state index is 14.8. The predicted octanol–water partition coefficient (Wildman–Crippen LogP) is 4.47. The molecule has 0 amide bonds. The van der Waals surface area contributed by atoms with Gasteiger partial charge in [0, 0.05) is 30.9 Å². The summed E-state index contributed by atoms with van der Waals surface area (Å²) in [7, 11) is 1.95. The first kappa shape index (κ1) is 21.3. The first-order valence-corrected chi connectivity index (χ1v) is 10.7. The highest BCUT2D eigenvalue weighted by Crippen LogP contribution is 2.26. The summed E-state index contributed by atoms with van der Waals surface area (Å²) in [6, 6.07) is 5.43. The third-order valence-corrected chi connectivity index (χ3v) is 5.55. The van der Waals surface area contributed by atoms with E-state index in [1.165, 1.54) is 6.42 Å². The SMILES string of the molecule is C=C/C1=C2/NC(=NCCCCCNC[C@H](C)CCc3ccc(F)c1c3)C=CN2C. The molecular weight excluding hydrogens is 363 g/mol. The Morgan fingerprint density at radius 2 is 2.14 bits per heavy atom. The molecule has 0 saturated carbocycles. The van der Waals surface area contributed by atoms with Gasteiger partial charge in [-0.25, -0.2) is 4.39 Å². The smallest absolute Gasteiger partial charge is 0.131 e. The number of amidine groups is 1. The molecule has 29 heavy (non-hydrogen) atoms. The molecule has 3 rings (SSSR count). The van der Waals surface area contributed by atoms with E-state index in [1.807, 2.05) is 36.4 Å². The molecule has 1 atom stereocenters. The van der Waals surface area contributed by atoms with E-state index < -0.39 is 0 Å². The van der Waals surface area contributed by atoms with E-state index in [2.05, 4.69) is 29.1 Å². The lowest BCUT2D eigenvalue weighted by atomic mass is 9.96. The average molecular weight is 397 g/mol. The maximum atomic E-state index is 14.8. The fraction of sp³-hybridized carbons (Fsp3) is 0.458. The Balaban J connectivity index is 1.97. The topological polar surface area (TPSA) is 39.7 Å². The number of aryl methyl sites for hydroxylation is 1. The van der Waals surface area contributed by atoms with E-state index in [9.17, 15) is 4.39 Å². The highest BCUT2D eigenvalue weighted by Gasteiger charge is 2.18. The lowest BCUT2D eigenvalue weighted by molar-refractivity contribution is 0.473. The van der Waals surface area contributed by atoms with Gasteiger partial charge in [-0.05, 0) is 68.5 Å². The van der Waals surface area contributed by atoms with Crippen LogP contribution in [0.15, 0.2) is 53.9 Å². The van der Waals surface area contributed by atoms with Gasteiger partial charge in [-0.1, -0.05) is 32.1 Å². The molecule has 2 heterocycles. The number of aliphatic imine (C=N–C) groups is 1. The van der Waals surface area contributed by atoms with Crippen molar-refractivity contribution in [1.29, 1.82) is 0 Å². The maximum Gasteiger partial charge on any atom is 0.131 e. The van der Waals surface area contributed by atoms with E-state index in [1.54, 1.807) is 12.1 Å². The molecule has 1 aromatic rings. The van der Waals surface area contributed by atoms with E-state index >= 15 is 0 Å². The molecule has 2 aliphatic rings. The second-order valence-electron chi connectivity index (χ2n) is 8.01. The van der Waals surface area contributed by atoms with Crippen LogP contribution in [0.3, 0.4) is 0 Å². The summed E-state index contributed by atoms with van der Waals surface area (Å²) in [6.07, 6.45) is 11.1. The van der Waals surface area contributed by atoms with Gasteiger partial charge in [0.1, 0.15) is 17.5 Å². The molecule has 0 aromatic heterocycles. The second-order valence-corrected chi connectivity index (χ2v) is 8.01. The summed E-state index contributed by atoms with van der Waals surface area (Å²) in [5.41, 5.74) is 2.48. The third-order valence-electron chi connectivity index (χ3n) is 5.55. The molecule has 156 valence electrons. The van der Waals surface area contributed by atoms with Gasteiger partial charge >= 0.3 is 0 Å². The number of nitrogens with one attached hydrogen (secondary N) is 2. The van der Waals surface area contributed by atoms with Crippen LogP contribution in [0.4, 0.5) is 4.39 Å². The number of hydrogen-bond acceptors (Lipinski definition) is 4. The number of rotatable bonds is 1. The summed E-state index contributed by atoms with van der Waals surface area (Å²) in [4.78, 5) is 6.64. The Kier molecular flexibility index (Phi) is 7.64. The number of nitrogens with zero attached hydrogens (tertiary/aromatic N) is 2. The summed E-state index contributed by atoms with van der Waals surface area (Å²) in [5, 5.41) is 6.94. The van der Waals surface area contributed by atoms with Gasteiger partial charge in [0.05, 0.1) is 0 Å². The van der Waals surface area contributed by atoms with Gasteiger partial charge < -0.3 is 15.5 Å². The van der Waals surface area contributed by atoms with Crippen molar-refractivity contribution < 1.29 is 4.39 Å². The molecular formula is C24H33FN4. The van der Waals surface area contributed by atoms with Crippen molar-refractivity contribution in [3.05, 3.63) is 65.9 Å². The Morgan fingerprint density at radius 3 is 2.97 bits per heavy atom. The van der Waals surface area contributed by atoms with Crippen LogP contribution >= 0.6 is 0 Å². The fourth-order valence-corrected chi connectivity index (χ4v) is 3.73. The normalized spacial score (nSPS) is 24.2. The van der Waals surface area contributed by atoms with Crippen LogP contribution in [0.1, 0.15) is 43.7 Å².